The minimum atomic E-state index is -0.282. The average Bonchev–Trinajstić information content (AvgIpc) is 2.23. The van der Waals surface area contributed by atoms with Crippen molar-refractivity contribution in [2.45, 2.75) is 53.6 Å². The molecule has 0 aliphatic rings. The first-order valence-corrected chi connectivity index (χ1v) is 6.83. The molecule has 0 fully saturated rings. The van der Waals surface area contributed by atoms with Crippen molar-refractivity contribution in [2.75, 3.05) is 26.2 Å². The molecule has 17 heavy (non-hydrogen) atoms. The first kappa shape index (κ1) is 16.5. The molecule has 0 heterocycles. The van der Waals surface area contributed by atoms with Gasteiger partial charge in [0.05, 0.1) is 6.54 Å². The van der Waals surface area contributed by atoms with E-state index in [9.17, 15) is 0 Å². The van der Waals surface area contributed by atoms with E-state index in [1.165, 1.54) is 0 Å². The summed E-state index contributed by atoms with van der Waals surface area (Å²) in [5, 5.41) is 0. The Balaban J connectivity index is 4.47. The minimum Gasteiger partial charge on any atom is -0.363 e. The van der Waals surface area contributed by atoms with Crippen molar-refractivity contribution >= 4 is 0 Å². The molecule has 0 aromatic heterocycles. The summed E-state index contributed by atoms with van der Waals surface area (Å²) < 4.78 is 5.80. The van der Waals surface area contributed by atoms with E-state index < -0.39 is 0 Å². The lowest BCUT2D eigenvalue weighted by molar-refractivity contribution is 0.00651. The van der Waals surface area contributed by atoms with Gasteiger partial charge >= 0.3 is 0 Å². The SMILES string of the molecule is CCOC(C)(C#CCN(CC)CC)CC(C)C. The van der Waals surface area contributed by atoms with Crippen LogP contribution in [0.4, 0.5) is 0 Å². The second-order valence-electron chi connectivity index (χ2n) is 5.03. The van der Waals surface area contributed by atoms with Gasteiger partial charge in [-0.25, -0.2) is 0 Å². The largest absolute Gasteiger partial charge is 0.363 e. The van der Waals surface area contributed by atoms with Gasteiger partial charge in [0.15, 0.2) is 0 Å². The van der Waals surface area contributed by atoms with Crippen LogP contribution in [0.1, 0.15) is 48.0 Å². The Bertz CT molecular complexity index is 247. The van der Waals surface area contributed by atoms with Gasteiger partial charge in [0, 0.05) is 6.61 Å². The maximum atomic E-state index is 5.80. The number of rotatable bonds is 7. The molecule has 0 amide bonds. The van der Waals surface area contributed by atoms with Crippen LogP contribution in [0.2, 0.25) is 0 Å². The normalized spacial score (nSPS) is 14.6. The molecule has 0 aromatic carbocycles. The summed E-state index contributed by atoms with van der Waals surface area (Å²) in [6.45, 7) is 16.6. The predicted octanol–water partition coefficient (Wildman–Crippen LogP) is 3.17. The van der Waals surface area contributed by atoms with Crippen LogP contribution in [0, 0.1) is 17.8 Å². The van der Waals surface area contributed by atoms with E-state index >= 15 is 0 Å². The minimum absolute atomic E-state index is 0.282. The second-order valence-corrected chi connectivity index (χ2v) is 5.03. The Morgan fingerprint density at radius 3 is 2.18 bits per heavy atom. The zero-order valence-electron chi connectivity index (χ0n) is 12.5. The van der Waals surface area contributed by atoms with E-state index in [1.54, 1.807) is 0 Å². The van der Waals surface area contributed by atoms with E-state index in [1.807, 2.05) is 6.92 Å². The van der Waals surface area contributed by atoms with E-state index in [2.05, 4.69) is 51.4 Å². The quantitative estimate of drug-likeness (QED) is 0.633. The fraction of sp³-hybridized carbons (Fsp3) is 0.867. The van der Waals surface area contributed by atoms with Crippen molar-refractivity contribution < 1.29 is 4.74 Å². The molecule has 2 heteroatoms. The third-order valence-corrected chi connectivity index (χ3v) is 2.81. The summed E-state index contributed by atoms with van der Waals surface area (Å²) in [5.74, 6) is 7.19. The van der Waals surface area contributed by atoms with Crippen molar-refractivity contribution in [3.05, 3.63) is 0 Å². The van der Waals surface area contributed by atoms with E-state index in [4.69, 9.17) is 4.74 Å². The molecular formula is C15H29NO. The van der Waals surface area contributed by atoms with Gasteiger partial charge in [0.2, 0.25) is 0 Å². The first-order valence-electron chi connectivity index (χ1n) is 6.83. The Kier molecular flexibility index (Phi) is 8.29. The van der Waals surface area contributed by atoms with Crippen molar-refractivity contribution in [3.8, 4) is 11.8 Å². The lowest BCUT2D eigenvalue weighted by atomic mass is 9.94. The van der Waals surface area contributed by atoms with Crippen molar-refractivity contribution in [2.24, 2.45) is 5.92 Å². The predicted molar refractivity (Wildman–Crippen MR) is 75.1 cm³/mol. The molecule has 0 rings (SSSR count). The number of hydrogen-bond donors (Lipinski definition) is 0. The highest BCUT2D eigenvalue weighted by molar-refractivity contribution is 5.14. The first-order chi connectivity index (χ1) is 7.97. The van der Waals surface area contributed by atoms with Crippen LogP contribution < -0.4 is 0 Å². The van der Waals surface area contributed by atoms with Gasteiger partial charge in [-0.05, 0) is 39.3 Å². The summed E-state index contributed by atoms with van der Waals surface area (Å²) in [6.07, 6.45) is 0.992. The Labute approximate surface area is 108 Å². The molecule has 0 aromatic rings. The van der Waals surface area contributed by atoms with Gasteiger partial charge in [-0.3, -0.25) is 4.90 Å². The summed E-state index contributed by atoms with van der Waals surface area (Å²) >= 11 is 0. The molecule has 0 saturated heterocycles. The molecule has 100 valence electrons. The van der Waals surface area contributed by atoms with E-state index in [0.29, 0.717) is 5.92 Å². The summed E-state index contributed by atoms with van der Waals surface area (Å²) in [7, 11) is 0. The molecule has 0 aliphatic heterocycles. The van der Waals surface area contributed by atoms with Gasteiger partial charge in [0.25, 0.3) is 0 Å². The van der Waals surface area contributed by atoms with Gasteiger partial charge in [-0.1, -0.05) is 39.5 Å². The van der Waals surface area contributed by atoms with Crippen LogP contribution in [-0.4, -0.2) is 36.7 Å². The lowest BCUT2D eigenvalue weighted by Crippen LogP contribution is -2.29. The summed E-state index contributed by atoms with van der Waals surface area (Å²) in [5.41, 5.74) is -0.282. The van der Waals surface area contributed by atoms with Crippen LogP contribution in [-0.2, 0) is 4.74 Å². The zero-order valence-corrected chi connectivity index (χ0v) is 12.5. The van der Waals surface area contributed by atoms with E-state index in [-0.39, 0.29) is 5.60 Å². The maximum absolute atomic E-state index is 5.80. The van der Waals surface area contributed by atoms with Crippen LogP contribution in [0.5, 0.6) is 0 Å². The van der Waals surface area contributed by atoms with Crippen molar-refractivity contribution in [1.82, 2.24) is 4.90 Å². The molecule has 1 atom stereocenters. The molecule has 0 radical (unpaired) electrons. The Morgan fingerprint density at radius 1 is 1.18 bits per heavy atom. The molecule has 0 aliphatic carbocycles. The summed E-state index contributed by atoms with van der Waals surface area (Å²) in [4.78, 5) is 2.31. The monoisotopic (exact) mass is 239 g/mol. The smallest absolute Gasteiger partial charge is 0.126 e. The van der Waals surface area contributed by atoms with Crippen molar-refractivity contribution in [1.29, 1.82) is 0 Å². The second kappa shape index (κ2) is 8.55. The highest BCUT2D eigenvalue weighted by Gasteiger charge is 2.22. The van der Waals surface area contributed by atoms with E-state index in [0.717, 1.165) is 32.7 Å². The van der Waals surface area contributed by atoms with Crippen LogP contribution in [0.15, 0.2) is 0 Å². The fourth-order valence-electron chi connectivity index (χ4n) is 2.03. The van der Waals surface area contributed by atoms with Crippen LogP contribution in [0.25, 0.3) is 0 Å². The zero-order chi connectivity index (χ0) is 13.3. The molecule has 2 nitrogen and oxygen atoms in total. The third-order valence-electron chi connectivity index (χ3n) is 2.81. The highest BCUT2D eigenvalue weighted by atomic mass is 16.5. The molecule has 0 saturated carbocycles. The standard InChI is InChI=1S/C15H29NO/c1-7-16(8-2)12-10-11-15(6,17-9-3)13-14(4)5/h14H,7-9,12-13H2,1-6H3. The molecular weight excluding hydrogens is 210 g/mol. The lowest BCUT2D eigenvalue weighted by Gasteiger charge is -2.25. The topological polar surface area (TPSA) is 12.5 Å². The van der Waals surface area contributed by atoms with Crippen molar-refractivity contribution in [3.63, 3.8) is 0 Å². The Hall–Kier alpha value is -0.520. The number of nitrogens with zero attached hydrogens (tertiary/aromatic N) is 1. The van der Waals surface area contributed by atoms with Gasteiger partial charge in [-0.15, -0.1) is 0 Å². The third kappa shape index (κ3) is 7.41. The number of hydrogen-bond acceptors (Lipinski definition) is 2. The fourth-order valence-corrected chi connectivity index (χ4v) is 2.03. The average molecular weight is 239 g/mol. The van der Waals surface area contributed by atoms with Crippen LogP contribution >= 0.6 is 0 Å². The molecule has 1 unspecified atom stereocenters. The maximum Gasteiger partial charge on any atom is 0.126 e. The van der Waals surface area contributed by atoms with Gasteiger partial charge in [0.1, 0.15) is 5.60 Å². The van der Waals surface area contributed by atoms with Gasteiger partial charge in [-0.2, -0.15) is 0 Å². The molecule has 0 spiro atoms. The molecule has 0 bridgehead atoms. The number of ether oxygens (including phenoxy) is 1. The van der Waals surface area contributed by atoms with Crippen LogP contribution in [0.3, 0.4) is 0 Å². The molecule has 0 N–H and O–H groups in total. The summed E-state index contributed by atoms with van der Waals surface area (Å²) in [6, 6.07) is 0. The Morgan fingerprint density at radius 2 is 1.76 bits per heavy atom. The van der Waals surface area contributed by atoms with Gasteiger partial charge < -0.3 is 4.74 Å². The highest BCUT2D eigenvalue weighted by Crippen LogP contribution is 2.19.